The molecule has 2 atom stereocenters. The van der Waals surface area contributed by atoms with Gasteiger partial charge in [0.05, 0.1) is 0 Å². The van der Waals surface area contributed by atoms with Crippen molar-refractivity contribution in [2.24, 2.45) is 5.92 Å². The summed E-state index contributed by atoms with van der Waals surface area (Å²) in [5.41, 5.74) is 4.56. The zero-order chi connectivity index (χ0) is 45.1. The predicted molar refractivity (Wildman–Crippen MR) is 263 cm³/mol. The smallest absolute Gasteiger partial charge is 0.123 e. The monoisotopic (exact) mass is 824 g/mol. The van der Waals surface area contributed by atoms with Crippen LogP contribution in [0.3, 0.4) is 0 Å². The Labute approximate surface area is 367 Å². The molecule has 5 rings (SSSR count). The third-order valence-corrected chi connectivity index (χ3v) is 10.9. The molecule has 0 aromatic heterocycles. The summed E-state index contributed by atoms with van der Waals surface area (Å²) in [6.45, 7) is 37.6. The number of rotatable bonds is 5. The fourth-order valence-electron chi connectivity index (χ4n) is 8.18. The van der Waals surface area contributed by atoms with E-state index in [1.165, 1.54) is 113 Å². The fourth-order valence-corrected chi connectivity index (χ4v) is 8.18. The van der Waals surface area contributed by atoms with Crippen LogP contribution in [0.25, 0.3) is 0 Å². The topological polar surface area (TPSA) is 51.4 Å². The van der Waals surface area contributed by atoms with Gasteiger partial charge in [-0.15, -0.1) is 0 Å². The average Bonchev–Trinajstić information content (AvgIpc) is 3.08. The molecule has 0 radical (unpaired) electrons. The van der Waals surface area contributed by atoms with E-state index in [-0.39, 0.29) is 16.9 Å². The lowest BCUT2D eigenvalue weighted by atomic mass is 9.86. The highest BCUT2D eigenvalue weighted by Crippen LogP contribution is 2.27. The first kappa shape index (κ1) is 54.9. The minimum atomic E-state index is -0.200. The largest absolute Gasteiger partial charge is 0.380 e. The number of nitrogens with one attached hydrogen (secondary N) is 4. The van der Waals surface area contributed by atoms with Crippen LogP contribution in [0.4, 0.5) is 15.8 Å². The molecule has 2 aromatic rings. The van der Waals surface area contributed by atoms with E-state index in [2.05, 4.69) is 175 Å². The molecule has 0 saturated heterocycles. The summed E-state index contributed by atoms with van der Waals surface area (Å²) in [6, 6.07) is 17.2. The molecule has 342 valence electrons. The minimum Gasteiger partial charge on any atom is -0.380 e. The summed E-state index contributed by atoms with van der Waals surface area (Å²) in [4.78, 5) is 2.55. The van der Waals surface area contributed by atoms with Crippen LogP contribution in [-0.4, -0.2) is 57.8 Å². The molecule has 0 heterocycles. The molecule has 3 fully saturated rings. The van der Waals surface area contributed by atoms with Crippen LogP contribution in [0, 0.1) is 18.7 Å². The van der Waals surface area contributed by atoms with Gasteiger partial charge in [-0.3, -0.25) is 4.90 Å². The van der Waals surface area contributed by atoms with Gasteiger partial charge in [-0.1, -0.05) is 70.4 Å². The molecule has 3 aliphatic rings. The van der Waals surface area contributed by atoms with Gasteiger partial charge >= 0.3 is 0 Å². The van der Waals surface area contributed by atoms with E-state index in [1.54, 1.807) is 12.1 Å². The Balaban J connectivity index is 0.000000369. The van der Waals surface area contributed by atoms with Gasteiger partial charge in [0.1, 0.15) is 5.82 Å². The molecule has 2 unspecified atom stereocenters. The van der Waals surface area contributed by atoms with Crippen LogP contribution >= 0.6 is 0 Å². The van der Waals surface area contributed by atoms with Crippen molar-refractivity contribution in [1.29, 1.82) is 0 Å². The Morgan fingerprint density at radius 3 is 1.42 bits per heavy atom. The first-order valence-corrected chi connectivity index (χ1v) is 23.7. The molecule has 0 aliphatic heterocycles. The maximum Gasteiger partial charge on any atom is 0.123 e. The first-order valence-electron chi connectivity index (χ1n) is 23.7. The van der Waals surface area contributed by atoms with Crippen LogP contribution in [0.5, 0.6) is 0 Å². The number of nitrogens with zero attached hydrogens (tertiary/aromatic N) is 1. The van der Waals surface area contributed by atoms with Crippen LogP contribution < -0.4 is 21.3 Å². The highest BCUT2D eigenvalue weighted by molar-refractivity contribution is 5.47. The van der Waals surface area contributed by atoms with E-state index in [0.717, 1.165) is 29.7 Å². The molecule has 2 aromatic carbocycles. The standard InChI is InChI=1S/C11H23N.C11H17N.C11H23N.C10H14FN.C10H21N/c2*1-9-6-5-7-10(8-9)12-11(2,3)4;1-11(2,3)12(4)10-8-6-5-7-9-10;1-10(2,3)12-9-6-4-8(11)5-7-9;1-10(2,3)11-9-7-5-4-6-8-9/h9-10,12H,5-8H2,1-4H3;5-8,12H,1-4H3;10H,5-9H2,1-4H3;4-7,12H,1-3H3;9,11H,4-8H2,1-3H3. The van der Waals surface area contributed by atoms with Gasteiger partial charge in [0, 0.05) is 57.2 Å². The lowest BCUT2D eigenvalue weighted by Crippen LogP contribution is -2.45. The van der Waals surface area contributed by atoms with Gasteiger partial charge in [0.25, 0.3) is 0 Å². The number of hydrogen-bond acceptors (Lipinski definition) is 5. The second kappa shape index (κ2) is 25.7. The van der Waals surface area contributed by atoms with Gasteiger partial charge in [-0.2, -0.15) is 0 Å². The van der Waals surface area contributed by atoms with Crippen LogP contribution in [0.2, 0.25) is 0 Å². The molecular weight excluding hydrogens is 726 g/mol. The van der Waals surface area contributed by atoms with E-state index >= 15 is 0 Å². The second-order valence-electron chi connectivity index (χ2n) is 23.3. The lowest BCUT2D eigenvalue weighted by Gasteiger charge is -2.40. The molecule has 3 aliphatic carbocycles. The third-order valence-electron chi connectivity index (χ3n) is 10.9. The fraction of sp³-hybridized carbons (Fsp3) is 0.774. The normalized spacial score (nSPS) is 19.7. The average molecular weight is 824 g/mol. The molecule has 4 N–H and O–H groups in total. The van der Waals surface area contributed by atoms with Crippen molar-refractivity contribution in [3.8, 4) is 0 Å². The molecule has 0 spiro atoms. The maximum atomic E-state index is 12.5. The van der Waals surface area contributed by atoms with Crippen molar-refractivity contribution in [2.75, 3.05) is 17.7 Å². The first-order chi connectivity index (χ1) is 27.0. The summed E-state index contributed by atoms with van der Waals surface area (Å²) in [5, 5.41) is 14.0. The van der Waals surface area contributed by atoms with Gasteiger partial charge in [-0.05, 0) is 204 Å². The predicted octanol–water partition coefficient (Wildman–Crippen LogP) is 15.0. The number of halogens is 1. The van der Waals surface area contributed by atoms with Crippen molar-refractivity contribution < 1.29 is 4.39 Å². The van der Waals surface area contributed by atoms with Gasteiger partial charge in [0.2, 0.25) is 0 Å². The summed E-state index contributed by atoms with van der Waals surface area (Å²) in [5.74, 6) is 0.730. The highest BCUT2D eigenvalue weighted by atomic mass is 19.1. The number of anilines is 2. The Morgan fingerprint density at radius 2 is 0.983 bits per heavy atom. The second-order valence-corrected chi connectivity index (χ2v) is 23.3. The van der Waals surface area contributed by atoms with E-state index in [4.69, 9.17) is 0 Å². The molecule has 59 heavy (non-hydrogen) atoms. The molecule has 3 saturated carbocycles. The van der Waals surface area contributed by atoms with Crippen molar-refractivity contribution >= 4 is 11.4 Å². The zero-order valence-corrected chi connectivity index (χ0v) is 42.2. The number of aryl methyl sites for hydroxylation is 1. The lowest BCUT2D eigenvalue weighted by molar-refractivity contribution is 0.0912. The summed E-state index contributed by atoms with van der Waals surface area (Å²) in [6.07, 6.45) is 19.8. The van der Waals surface area contributed by atoms with Crippen molar-refractivity contribution in [2.45, 2.75) is 253 Å². The van der Waals surface area contributed by atoms with Crippen molar-refractivity contribution in [3.63, 3.8) is 0 Å². The minimum absolute atomic E-state index is 0.0256. The molecular formula is C53H98FN5. The maximum absolute atomic E-state index is 12.5. The zero-order valence-electron chi connectivity index (χ0n) is 42.2. The Kier molecular flexibility index (Phi) is 23.9. The Bertz CT molecular complexity index is 1360. The third kappa shape index (κ3) is 29.7. The van der Waals surface area contributed by atoms with Crippen molar-refractivity contribution in [3.05, 3.63) is 59.9 Å². The van der Waals surface area contributed by atoms with E-state index in [1.807, 2.05) is 0 Å². The molecule has 5 nitrogen and oxygen atoms in total. The van der Waals surface area contributed by atoms with Crippen molar-refractivity contribution in [1.82, 2.24) is 15.5 Å². The molecule has 0 amide bonds. The van der Waals surface area contributed by atoms with E-state index < -0.39 is 0 Å². The summed E-state index contributed by atoms with van der Waals surface area (Å²) < 4.78 is 12.5. The molecule has 6 heteroatoms. The van der Waals surface area contributed by atoms with Crippen LogP contribution in [-0.2, 0) is 0 Å². The molecule has 0 bridgehead atoms. The van der Waals surface area contributed by atoms with Crippen LogP contribution in [0.15, 0.2) is 48.5 Å². The SMILES string of the molecule is CC(C)(C)NC1CCCCC1.CC(C)(C)Nc1ccc(F)cc1.CC1CCCC(NC(C)(C)C)C1.CN(C1CCCCC1)C(C)(C)C.Cc1cccc(NC(C)(C)C)c1. The van der Waals surface area contributed by atoms with Crippen LogP contribution in [0.1, 0.15) is 206 Å². The van der Waals surface area contributed by atoms with Gasteiger partial charge in [0.15, 0.2) is 0 Å². The van der Waals surface area contributed by atoms with Gasteiger partial charge < -0.3 is 21.3 Å². The summed E-state index contributed by atoms with van der Waals surface area (Å²) in [7, 11) is 2.27. The number of benzene rings is 2. The number of hydrogen-bond donors (Lipinski definition) is 4. The Hall–Kier alpha value is -2.15. The Morgan fingerprint density at radius 1 is 0.525 bits per heavy atom. The van der Waals surface area contributed by atoms with E-state index in [0.29, 0.717) is 16.6 Å². The van der Waals surface area contributed by atoms with E-state index in [9.17, 15) is 4.39 Å². The van der Waals surface area contributed by atoms with Gasteiger partial charge in [-0.25, -0.2) is 4.39 Å². The highest BCUT2D eigenvalue weighted by Gasteiger charge is 2.26. The summed E-state index contributed by atoms with van der Waals surface area (Å²) >= 11 is 0. The quantitative estimate of drug-likeness (QED) is 0.242.